The molecule has 0 saturated heterocycles. The number of ketones is 1. The summed E-state index contributed by atoms with van der Waals surface area (Å²) in [6, 6.07) is 0. The molecule has 0 saturated carbocycles. The molecule has 0 amide bonds. The van der Waals surface area contributed by atoms with Crippen LogP contribution in [0.1, 0.15) is 6.92 Å². The molecule has 0 aromatic heterocycles. The summed E-state index contributed by atoms with van der Waals surface area (Å²) in [5, 5.41) is 7.89. The van der Waals surface area contributed by atoms with Crippen molar-refractivity contribution in [3.8, 4) is 0 Å². The van der Waals surface area contributed by atoms with Gasteiger partial charge in [-0.15, -0.1) is 0 Å². The zero-order valence-corrected chi connectivity index (χ0v) is 7.04. The van der Waals surface area contributed by atoms with Gasteiger partial charge in [-0.05, 0) is 19.1 Å². The number of carboxylic acids is 1. The molecule has 1 N–H and O–H groups in total. The number of aliphatic carboxylic acids is 1. The molecule has 66 valence electrons. The first-order chi connectivity index (χ1) is 5.45. The van der Waals surface area contributed by atoms with Crippen molar-refractivity contribution < 1.29 is 14.7 Å². The Morgan fingerprint density at radius 3 is 1.50 bits per heavy atom. The topological polar surface area (TPSA) is 54.4 Å². The lowest BCUT2D eigenvalue weighted by Gasteiger charge is -1.79. The number of hydrogen-bond donors (Lipinski definition) is 1. The molecule has 0 aliphatic rings. The fourth-order valence-electron chi connectivity index (χ4n) is 0.0833. The second kappa shape index (κ2) is 7.47. The Bertz CT molecular complexity index is 192. The van der Waals surface area contributed by atoms with E-state index in [1.54, 1.807) is 0 Å². The van der Waals surface area contributed by atoms with Gasteiger partial charge in [0.15, 0.2) is 5.78 Å². The summed E-state index contributed by atoms with van der Waals surface area (Å²) in [6.07, 6.45) is 2.43. The smallest absolute Gasteiger partial charge is 0.330 e. The molecule has 0 fully saturated rings. The Morgan fingerprint density at radius 2 is 1.50 bits per heavy atom. The summed E-state index contributed by atoms with van der Waals surface area (Å²) < 4.78 is 0. The predicted molar refractivity (Wildman–Crippen MR) is 47.9 cm³/mol. The molecule has 0 aliphatic heterocycles. The van der Waals surface area contributed by atoms with E-state index in [0.717, 1.165) is 0 Å². The van der Waals surface area contributed by atoms with Gasteiger partial charge >= 0.3 is 5.97 Å². The van der Waals surface area contributed by atoms with Crippen LogP contribution in [0.25, 0.3) is 0 Å². The number of carbonyl (C=O) groups excluding carboxylic acids is 1. The lowest BCUT2D eigenvalue weighted by atomic mass is 10.4. The highest BCUT2D eigenvalue weighted by atomic mass is 16.4. The van der Waals surface area contributed by atoms with Crippen LogP contribution in [0.2, 0.25) is 0 Å². The maximum absolute atomic E-state index is 9.94. The standard InChI is InChI=1S/C5H6O.C4H6O2/c1-3-5(6)4-2;1-3(2)4(5)6/h3-4H,1-2H2;1H2,2H3,(H,5,6). The molecule has 0 rings (SSSR count). The van der Waals surface area contributed by atoms with Gasteiger partial charge in [-0.1, -0.05) is 19.7 Å². The van der Waals surface area contributed by atoms with E-state index in [-0.39, 0.29) is 11.4 Å². The van der Waals surface area contributed by atoms with E-state index in [2.05, 4.69) is 19.7 Å². The Morgan fingerprint density at radius 1 is 1.25 bits per heavy atom. The number of allylic oxidation sites excluding steroid dienone is 2. The van der Waals surface area contributed by atoms with E-state index in [1.807, 2.05) is 0 Å². The van der Waals surface area contributed by atoms with Gasteiger partial charge in [0.1, 0.15) is 0 Å². The maximum atomic E-state index is 9.94. The van der Waals surface area contributed by atoms with Crippen molar-refractivity contribution in [2.24, 2.45) is 0 Å². The SMILES string of the molecule is C=C(C)C(=O)O.C=CC(=O)C=C. The molecule has 0 unspecified atom stereocenters. The highest BCUT2D eigenvalue weighted by Crippen LogP contribution is 1.81. The van der Waals surface area contributed by atoms with E-state index in [1.165, 1.54) is 19.1 Å². The van der Waals surface area contributed by atoms with Gasteiger partial charge in [-0.2, -0.15) is 0 Å². The van der Waals surface area contributed by atoms with Crippen LogP contribution in [0.4, 0.5) is 0 Å². The number of rotatable bonds is 3. The highest BCUT2D eigenvalue weighted by Gasteiger charge is 1.90. The minimum Gasteiger partial charge on any atom is -0.478 e. The highest BCUT2D eigenvalue weighted by molar-refractivity contribution is 5.98. The largest absolute Gasteiger partial charge is 0.478 e. The van der Waals surface area contributed by atoms with Crippen molar-refractivity contribution in [1.29, 1.82) is 0 Å². The quantitative estimate of drug-likeness (QED) is 0.651. The zero-order valence-electron chi connectivity index (χ0n) is 7.04. The normalized spacial score (nSPS) is 7.08. The molecule has 0 heterocycles. The molecule has 0 aromatic rings. The van der Waals surface area contributed by atoms with Gasteiger partial charge < -0.3 is 5.11 Å². The molecule has 3 heteroatoms. The first-order valence-corrected chi connectivity index (χ1v) is 3.13. The third-order valence-electron chi connectivity index (χ3n) is 0.767. The number of carbonyl (C=O) groups is 2. The third kappa shape index (κ3) is 11.2. The Balaban J connectivity index is 0. The van der Waals surface area contributed by atoms with E-state index >= 15 is 0 Å². The lowest BCUT2D eigenvalue weighted by molar-refractivity contribution is -0.132. The maximum Gasteiger partial charge on any atom is 0.330 e. The fourth-order valence-corrected chi connectivity index (χ4v) is 0.0833. The Kier molecular flexibility index (Phi) is 8.08. The number of hydrogen-bond acceptors (Lipinski definition) is 2. The first kappa shape index (κ1) is 13.0. The molecular weight excluding hydrogens is 156 g/mol. The van der Waals surface area contributed by atoms with Gasteiger partial charge in [0.25, 0.3) is 0 Å². The fraction of sp³-hybridized carbons (Fsp3) is 0.111. The van der Waals surface area contributed by atoms with Gasteiger partial charge in [-0.25, -0.2) is 4.79 Å². The Hall–Kier alpha value is -1.64. The van der Waals surface area contributed by atoms with Gasteiger partial charge in [-0.3, -0.25) is 4.79 Å². The third-order valence-corrected chi connectivity index (χ3v) is 0.767. The average molecular weight is 168 g/mol. The monoisotopic (exact) mass is 168 g/mol. The number of carboxylic acid groups (broad SMARTS) is 1. The second-order valence-electron chi connectivity index (χ2n) is 1.90. The van der Waals surface area contributed by atoms with E-state index in [4.69, 9.17) is 5.11 Å². The molecule has 12 heavy (non-hydrogen) atoms. The summed E-state index contributed by atoms with van der Waals surface area (Å²) in [4.78, 5) is 19.5. The summed E-state index contributed by atoms with van der Waals surface area (Å²) in [6.45, 7) is 11.0. The summed E-state index contributed by atoms with van der Waals surface area (Å²) in [5.74, 6) is -1.06. The van der Waals surface area contributed by atoms with Crippen LogP contribution >= 0.6 is 0 Å². The lowest BCUT2D eigenvalue weighted by Crippen LogP contribution is -1.92. The van der Waals surface area contributed by atoms with Crippen molar-refractivity contribution in [1.82, 2.24) is 0 Å². The Labute approximate surface area is 71.7 Å². The molecule has 0 radical (unpaired) electrons. The molecule has 0 aromatic carbocycles. The van der Waals surface area contributed by atoms with Crippen LogP contribution in [0.3, 0.4) is 0 Å². The van der Waals surface area contributed by atoms with Crippen molar-refractivity contribution in [3.05, 3.63) is 37.5 Å². The van der Waals surface area contributed by atoms with Crippen molar-refractivity contribution in [2.45, 2.75) is 6.92 Å². The van der Waals surface area contributed by atoms with Crippen molar-refractivity contribution >= 4 is 11.8 Å². The van der Waals surface area contributed by atoms with E-state index < -0.39 is 5.97 Å². The summed E-state index contributed by atoms with van der Waals surface area (Å²) >= 11 is 0. The molecule has 3 nitrogen and oxygen atoms in total. The molecular formula is C9H12O3. The molecule has 0 bridgehead atoms. The second-order valence-corrected chi connectivity index (χ2v) is 1.90. The van der Waals surface area contributed by atoms with E-state index in [0.29, 0.717) is 0 Å². The average Bonchev–Trinajstić information content (AvgIpc) is 2.04. The van der Waals surface area contributed by atoms with Crippen LogP contribution in [0, 0.1) is 0 Å². The first-order valence-electron chi connectivity index (χ1n) is 3.13. The van der Waals surface area contributed by atoms with Crippen molar-refractivity contribution in [2.75, 3.05) is 0 Å². The van der Waals surface area contributed by atoms with Crippen molar-refractivity contribution in [3.63, 3.8) is 0 Å². The van der Waals surface area contributed by atoms with E-state index in [9.17, 15) is 9.59 Å². The van der Waals surface area contributed by atoms with Gasteiger partial charge in [0.2, 0.25) is 0 Å². The minimum atomic E-state index is -0.935. The minimum absolute atomic E-state index is 0.130. The van der Waals surface area contributed by atoms with Crippen LogP contribution in [-0.4, -0.2) is 16.9 Å². The molecule has 0 atom stereocenters. The van der Waals surface area contributed by atoms with Crippen LogP contribution in [0.15, 0.2) is 37.5 Å². The van der Waals surface area contributed by atoms with Crippen LogP contribution in [0.5, 0.6) is 0 Å². The predicted octanol–water partition coefficient (Wildman–Crippen LogP) is 1.57. The zero-order chi connectivity index (χ0) is 10.1. The van der Waals surface area contributed by atoms with Crippen LogP contribution < -0.4 is 0 Å². The van der Waals surface area contributed by atoms with Crippen LogP contribution in [-0.2, 0) is 9.59 Å². The van der Waals surface area contributed by atoms with Gasteiger partial charge in [0.05, 0.1) is 0 Å². The molecule has 0 spiro atoms. The summed E-state index contributed by atoms with van der Waals surface area (Å²) in [7, 11) is 0. The van der Waals surface area contributed by atoms with Gasteiger partial charge in [0, 0.05) is 5.57 Å². The molecule has 0 aliphatic carbocycles. The summed E-state index contributed by atoms with van der Waals surface area (Å²) in [5.41, 5.74) is 0.176.